The van der Waals surface area contributed by atoms with E-state index in [0.717, 1.165) is 0 Å². The first-order valence-corrected chi connectivity index (χ1v) is 1.44. The Morgan fingerprint density at radius 1 is 1.00 bits per heavy atom. The first-order chi connectivity index (χ1) is 2.41. The standard InChI is InChI=1S/CH4.Mn.O2.2O/c;;1-2;;/h1H4;;;;. The number of hydrogen-bond donors (Lipinski definition) is 0. The Balaban J connectivity index is -0.0000000275. The summed E-state index contributed by atoms with van der Waals surface area (Å²) in [7, 11) is 0. The van der Waals surface area contributed by atoms with Gasteiger partial charge in [-0.3, -0.25) is 0 Å². The van der Waals surface area contributed by atoms with Crippen LogP contribution in [0.2, 0.25) is 0 Å². The molecule has 0 aromatic heterocycles. The average molecular weight is 135 g/mol. The Kier molecular flexibility index (Phi) is 362. The zero-order valence-corrected chi connectivity index (χ0v) is 3.19. The Hall–Kier alpha value is -0.281. The fraction of sp³-hybridized carbons (Fsp3) is 1.00. The van der Waals surface area contributed by atoms with Crippen molar-refractivity contribution in [2.24, 2.45) is 0 Å². The fourth-order valence-corrected chi connectivity index (χ4v) is 0. The monoisotopic (exact) mass is 135 g/mol. The van der Waals surface area contributed by atoms with Gasteiger partial charge in [-0.2, -0.15) is 0 Å². The van der Waals surface area contributed by atoms with Gasteiger partial charge < -0.3 is 0 Å². The molecule has 0 N–H and O–H groups in total. The molecule has 0 aliphatic heterocycles. The molecule has 0 saturated heterocycles. The van der Waals surface area contributed by atoms with E-state index in [1.54, 1.807) is 0 Å². The molecule has 0 aromatic carbocycles. The summed E-state index contributed by atoms with van der Waals surface area (Å²) in [6.45, 7) is 0. The maximum absolute atomic E-state index is 8.41. The van der Waals surface area contributed by atoms with Crippen LogP contribution in [0.25, 0.3) is 0 Å². The van der Waals surface area contributed by atoms with Crippen LogP contribution in [-0.4, -0.2) is 0 Å². The van der Waals surface area contributed by atoms with Crippen LogP contribution in [0.5, 0.6) is 0 Å². The summed E-state index contributed by atoms with van der Waals surface area (Å²) < 4.78 is 16.8. The van der Waals surface area contributed by atoms with Crippen molar-refractivity contribution in [2.45, 2.75) is 7.43 Å². The molecule has 4 nitrogen and oxygen atoms in total. The molecule has 0 radical (unpaired) electrons. The van der Waals surface area contributed by atoms with E-state index in [9.17, 15) is 0 Å². The van der Waals surface area contributed by atoms with Gasteiger partial charge in [0.2, 0.25) is 0 Å². The minimum atomic E-state index is -1.44. The van der Waals surface area contributed by atoms with Crippen molar-refractivity contribution in [2.75, 3.05) is 0 Å². The van der Waals surface area contributed by atoms with Gasteiger partial charge >= 0.3 is 22.5 Å². The quantitative estimate of drug-likeness (QED) is 0.452. The zero-order chi connectivity index (χ0) is 4.71. The van der Waals surface area contributed by atoms with E-state index in [1.165, 1.54) is 0 Å². The zero-order valence-electron chi connectivity index (χ0n) is 2.01. The Morgan fingerprint density at radius 2 is 1.00 bits per heavy atom. The van der Waals surface area contributed by atoms with Crippen molar-refractivity contribution in [1.29, 1.82) is 0 Å². The Bertz CT molecular complexity index is 36.8. The SMILES string of the molecule is C.O=O.[O]=[Mn]=[O]. The maximum atomic E-state index is 8.41. The summed E-state index contributed by atoms with van der Waals surface area (Å²) in [5, 5.41) is 0. The summed E-state index contributed by atoms with van der Waals surface area (Å²) in [6.07, 6.45) is 0. The van der Waals surface area contributed by atoms with Crippen molar-refractivity contribution in [3.63, 3.8) is 0 Å². The van der Waals surface area contributed by atoms with Crippen molar-refractivity contribution < 1.29 is 22.5 Å². The van der Waals surface area contributed by atoms with Gasteiger partial charge in [0.1, 0.15) is 0 Å². The van der Waals surface area contributed by atoms with Gasteiger partial charge in [0.15, 0.2) is 0 Å². The van der Waals surface area contributed by atoms with Crippen LogP contribution < -0.4 is 0 Å². The topological polar surface area (TPSA) is 68.3 Å². The van der Waals surface area contributed by atoms with Gasteiger partial charge in [0.25, 0.3) is 0 Å². The van der Waals surface area contributed by atoms with Crippen LogP contribution in [0.15, 0.2) is 0 Å². The second kappa shape index (κ2) is 126. The van der Waals surface area contributed by atoms with E-state index in [1.807, 2.05) is 0 Å². The van der Waals surface area contributed by atoms with Crippen LogP contribution in [0.1, 0.15) is 7.43 Å². The minimum absolute atomic E-state index is 0. The molecule has 0 aliphatic carbocycles. The summed E-state index contributed by atoms with van der Waals surface area (Å²) in [4.78, 5) is 14.0. The third-order valence-electron chi connectivity index (χ3n) is 0. The molecule has 0 bridgehead atoms. The molecular weight excluding hydrogens is 131 g/mol. The van der Waals surface area contributed by atoms with E-state index in [0.29, 0.717) is 0 Å². The van der Waals surface area contributed by atoms with E-state index in [2.05, 4.69) is 0 Å². The van der Waals surface area contributed by atoms with Crippen LogP contribution in [-0.2, 0) is 22.5 Å². The molecule has 0 atom stereocenters. The molecule has 0 aliphatic rings. The van der Waals surface area contributed by atoms with Gasteiger partial charge in [-0.25, -0.2) is 0 Å². The molecule has 0 rings (SSSR count). The second-order valence-electron chi connectivity index (χ2n) is 0.0630. The predicted octanol–water partition coefficient (Wildman–Crippen LogP) is 0.463. The van der Waals surface area contributed by atoms with E-state index in [-0.39, 0.29) is 7.43 Å². The molecule has 0 saturated carbocycles. The van der Waals surface area contributed by atoms with Gasteiger partial charge in [-0.05, 0) is 0 Å². The van der Waals surface area contributed by atoms with E-state index < -0.39 is 14.8 Å². The third-order valence-corrected chi connectivity index (χ3v) is 0. The van der Waals surface area contributed by atoms with Crippen LogP contribution in [0.4, 0.5) is 0 Å². The first kappa shape index (κ1) is 17.2. The molecule has 5 heteroatoms. The predicted molar refractivity (Wildman–Crippen MR) is 14.8 cm³/mol. The van der Waals surface area contributed by atoms with Crippen molar-refractivity contribution in [3.05, 3.63) is 9.93 Å². The molecule has 0 aromatic rings. The molecule has 6 heavy (non-hydrogen) atoms. The molecule has 0 amide bonds. The fourth-order valence-electron chi connectivity index (χ4n) is 0. The molecule has 0 heterocycles. The normalized spacial score (nSPS) is 2.67. The van der Waals surface area contributed by atoms with Gasteiger partial charge in [-0.15, -0.1) is 0 Å². The van der Waals surface area contributed by atoms with Gasteiger partial charge in [-0.1, -0.05) is 7.43 Å². The number of hydrogen-bond acceptors (Lipinski definition) is 4. The molecule has 0 spiro atoms. The van der Waals surface area contributed by atoms with Gasteiger partial charge in [0, 0.05) is 9.93 Å². The molecule has 39 valence electrons. The second-order valence-corrected chi connectivity index (χ2v) is 0.260. The number of rotatable bonds is 0. The average Bonchev–Trinajstić information content (AvgIpc) is 1.46. The molecular formula is CH4MnO4. The van der Waals surface area contributed by atoms with Crippen molar-refractivity contribution in [3.8, 4) is 0 Å². The van der Waals surface area contributed by atoms with Gasteiger partial charge in [0.05, 0.1) is 0 Å². The molecule has 0 fully saturated rings. The Labute approximate surface area is 40.7 Å². The summed E-state index contributed by atoms with van der Waals surface area (Å²) in [5.74, 6) is 0. The summed E-state index contributed by atoms with van der Waals surface area (Å²) >= 11 is -1.44. The third kappa shape index (κ3) is 350. The van der Waals surface area contributed by atoms with Crippen molar-refractivity contribution >= 4 is 0 Å². The van der Waals surface area contributed by atoms with Crippen LogP contribution in [0, 0.1) is 9.93 Å². The molecule has 0 unspecified atom stereocenters. The van der Waals surface area contributed by atoms with E-state index >= 15 is 0 Å². The summed E-state index contributed by atoms with van der Waals surface area (Å²) in [6, 6.07) is 0. The van der Waals surface area contributed by atoms with Crippen LogP contribution in [0.3, 0.4) is 0 Å². The summed E-state index contributed by atoms with van der Waals surface area (Å²) in [5.41, 5.74) is 0. The van der Waals surface area contributed by atoms with E-state index in [4.69, 9.17) is 17.6 Å². The van der Waals surface area contributed by atoms with Crippen LogP contribution >= 0.6 is 0 Å². The van der Waals surface area contributed by atoms with Crippen molar-refractivity contribution in [1.82, 2.24) is 0 Å². The Morgan fingerprint density at radius 3 is 1.00 bits per heavy atom. The first-order valence-electron chi connectivity index (χ1n) is 0.475.